The molecule has 8 heteroatoms. The fourth-order valence-electron chi connectivity index (χ4n) is 3.91. The number of amidine groups is 1. The van der Waals surface area contributed by atoms with Crippen LogP contribution in [0.5, 0.6) is 5.75 Å². The largest absolute Gasteiger partial charge is 0.497 e. The van der Waals surface area contributed by atoms with Crippen molar-refractivity contribution in [3.8, 4) is 5.75 Å². The fourth-order valence-corrected chi connectivity index (χ4v) is 3.91. The predicted molar refractivity (Wildman–Crippen MR) is 142 cm³/mol. The van der Waals surface area contributed by atoms with E-state index in [0.29, 0.717) is 18.7 Å². The minimum Gasteiger partial charge on any atom is -0.497 e. The number of hydrogen-bond acceptors (Lipinski definition) is 5. The number of hydrazine groups is 1. The van der Waals surface area contributed by atoms with E-state index in [0.717, 1.165) is 40.7 Å². The van der Waals surface area contributed by atoms with Gasteiger partial charge < -0.3 is 15.4 Å². The highest BCUT2D eigenvalue weighted by molar-refractivity contribution is 5.95. The van der Waals surface area contributed by atoms with Crippen molar-refractivity contribution < 1.29 is 14.3 Å². The summed E-state index contributed by atoms with van der Waals surface area (Å²) in [5, 5.41) is 7.50. The molecule has 0 saturated carbocycles. The molecule has 0 aromatic heterocycles. The molecule has 186 valence electrons. The number of rotatable bonds is 7. The number of benzene rings is 2. The van der Waals surface area contributed by atoms with Crippen molar-refractivity contribution in [2.45, 2.75) is 20.3 Å². The van der Waals surface area contributed by atoms with Crippen LogP contribution >= 0.6 is 0 Å². The Balaban J connectivity index is 1.49. The molecule has 4 rings (SSSR count). The first kappa shape index (κ1) is 24.8. The number of carbonyl (C=O) groups is 2. The van der Waals surface area contributed by atoms with Crippen molar-refractivity contribution in [3.63, 3.8) is 0 Å². The Hall–Kier alpha value is -4.33. The van der Waals surface area contributed by atoms with Crippen LogP contribution in [-0.4, -0.2) is 42.9 Å². The zero-order chi connectivity index (χ0) is 25.5. The van der Waals surface area contributed by atoms with Gasteiger partial charge in [0.1, 0.15) is 11.6 Å². The second-order valence-corrected chi connectivity index (χ2v) is 8.64. The lowest BCUT2D eigenvalue weighted by Crippen LogP contribution is -2.41. The molecule has 2 amide bonds. The highest BCUT2D eigenvalue weighted by atomic mass is 16.5. The highest BCUT2D eigenvalue weighted by Crippen LogP contribution is 2.30. The lowest BCUT2D eigenvalue weighted by atomic mass is 10.1. The van der Waals surface area contributed by atoms with Crippen molar-refractivity contribution in [2.75, 3.05) is 20.2 Å². The molecule has 0 radical (unpaired) electrons. The van der Waals surface area contributed by atoms with Gasteiger partial charge in [-0.3, -0.25) is 20.0 Å². The van der Waals surface area contributed by atoms with Gasteiger partial charge in [0, 0.05) is 37.1 Å². The molecule has 2 heterocycles. The van der Waals surface area contributed by atoms with Crippen molar-refractivity contribution in [2.24, 2.45) is 10.9 Å². The van der Waals surface area contributed by atoms with Crippen LogP contribution in [0.2, 0.25) is 0 Å². The molecule has 2 aliphatic heterocycles. The van der Waals surface area contributed by atoms with Gasteiger partial charge in [0.25, 0.3) is 5.91 Å². The van der Waals surface area contributed by atoms with Crippen LogP contribution in [0.4, 0.5) is 5.69 Å². The van der Waals surface area contributed by atoms with E-state index in [9.17, 15) is 9.59 Å². The number of amides is 2. The second kappa shape index (κ2) is 11.4. The Morgan fingerprint density at radius 3 is 2.50 bits per heavy atom. The number of nitrogens with zero attached hydrogens (tertiary/aromatic N) is 2. The van der Waals surface area contributed by atoms with E-state index in [2.05, 4.69) is 52.3 Å². The van der Waals surface area contributed by atoms with Gasteiger partial charge in [0.15, 0.2) is 0 Å². The van der Waals surface area contributed by atoms with E-state index in [1.165, 1.54) is 6.92 Å². The maximum Gasteiger partial charge on any atom is 0.251 e. The molecule has 0 aliphatic carbocycles. The molecule has 36 heavy (non-hydrogen) atoms. The minimum absolute atomic E-state index is 0.122. The first-order valence-corrected chi connectivity index (χ1v) is 12.0. The molecule has 1 unspecified atom stereocenters. The molecule has 2 aliphatic rings. The Labute approximate surface area is 211 Å². The summed E-state index contributed by atoms with van der Waals surface area (Å²) in [6.07, 6.45) is 9.25. The molecular weight excluding hydrogens is 454 g/mol. The van der Waals surface area contributed by atoms with Crippen molar-refractivity contribution in [3.05, 3.63) is 89.7 Å². The number of ether oxygens (including phenoxy) is 1. The number of aliphatic imine (C=N–C) groups is 1. The van der Waals surface area contributed by atoms with E-state index in [4.69, 9.17) is 9.73 Å². The first-order valence-electron chi connectivity index (χ1n) is 12.0. The summed E-state index contributed by atoms with van der Waals surface area (Å²) in [7, 11) is 1.66. The zero-order valence-electron chi connectivity index (χ0n) is 20.7. The Kier molecular flexibility index (Phi) is 7.85. The quantitative estimate of drug-likeness (QED) is 0.517. The van der Waals surface area contributed by atoms with Gasteiger partial charge in [0.2, 0.25) is 5.91 Å². The van der Waals surface area contributed by atoms with Gasteiger partial charge in [-0.2, -0.15) is 0 Å². The topological polar surface area (TPSA) is 95.1 Å². The van der Waals surface area contributed by atoms with E-state index in [-0.39, 0.29) is 17.7 Å². The van der Waals surface area contributed by atoms with Crippen LogP contribution in [0, 0.1) is 5.92 Å². The molecule has 3 N–H and O–H groups in total. The van der Waals surface area contributed by atoms with E-state index >= 15 is 0 Å². The minimum atomic E-state index is -0.191. The van der Waals surface area contributed by atoms with Gasteiger partial charge in [-0.15, -0.1) is 0 Å². The van der Waals surface area contributed by atoms with Crippen LogP contribution in [0.15, 0.2) is 83.5 Å². The Morgan fingerprint density at radius 2 is 1.81 bits per heavy atom. The summed E-state index contributed by atoms with van der Waals surface area (Å²) in [4.78, 5) is 28.2. The van der Waals surface area contributed by atoms with Crippen molar-refractivity contribution in [1.82, 2.24) is 21.1 Å². The van der Waals surface area contributed by atoms with Crippen LogP contribution in [0.25, 0.3) is 5.70 Å². The molecule has 2 aromatic carbocycles. The molecule has 2 aromatic rings. The SMILES string of the molecule is COc1ccc(C2=CC=CC3=CCC(C)C(=Nc4ccc(C(=O)NCCNC(C)=O)cc4)NN32)cc1. The van der Waals surface area contributed by atoms with Crippen LogP contribution in [0.1, 0.15) is 36.2 Å². The maximum atomic E-state index is 12.4. The number of nitrogens with one attached hydrogen (secondary N) is 3. The van der Waals surface area contributed by atoms with Gasteiger partial charge in [-0.1, -0.05) is 19.1 Å². The summed E-state index contributed by atoms with van der Waals surface area (Å²) >= 11 is 0. The normalized spacial score (nSPS) is 17.8. The molecule has 0 bridgehead atoms. The van der Waals surface area contributed by atoms with Crippen LogP contribution in [-0.2, 0) is 4.79 Å². The van der Waals surface area contributed by atoms with Gasteiger partial charge in [0.05, 0.1) is 24.2 Å². The number of methoxy groups -OCH3 is 1. The van der Waals surface area contributed by atoms with Crippen molar-refractivity contribution in [1.29, 1.82) is 0 Å². The monoisotopic (exact) mass is 485 g/mol. The number of allylic oxidation sites excluding steroid dienone is 4. The maximum absolute atomic E-state index is 12.4. The average molecular weight is 486 g/mol. The smallest absolute Gasteiger partial charge is 0.251 e. The van der Waals surface area contributed by atoms with E-state index in [1.807, 2.05) is 36.4 Å². The molecule has 1 atom stereocenters. The third-order valence-corrected chi connectivity index (χ3v) is 5.94. The lowest BCUT2D eigenvalue weighted by Gasteiger charge is -2.31. The second-order valence-electron chi connectivity index (χ2n) is 8.64. The van der Waals surface area contributed by atoms with Gasteiger partial charge in [-0.25, -0.2) is 4.99 Å². The predicted octanol–water partition coefficient (Wildman–Crippen LogP) is 3.93. The third kappa shape index (κ3) is 6.02. The Bertz CT molecular complexity index is 1230. The Morgan fingerprint density at radius 1 is 1.08 bits per heavy atom. The zero-order valence-corrected chi connectivity index (χ0v) is 20.7. The highest BCUT2D eigenvalue weighted by Gasteiger charge is 2.24. The average Bonchev–Trinajstić information content (AvgIpc) is 3.05. The fraction of sp³-hybridized carbons (Fsp3) is 0.250. The summed E-state index contributed by atoms with van der Waals surface area (Å²) in [6.45, 7) is 4.35. The molecular formula is C28H31N5O3. The van der Waals surface area contributed by atoms with Gasteiger partial charge in [-0.05, 0) is 67.1 Å². The third-order valence-electron chi connectivity index (χ3n) is 5.94. The lowest BCUT2D eigenvalue weighted by molar-refractivity contribution is -0.118. The summed E-state index contributed by atoms with van der Waals surface area (Å²) in [5.74, 6) is 1.51. The summed E-state index contributed by atoms with van der Waals surface area (Å²) in [5.41, 5.74) is 7.95. The summed E-state index contributed by atoms with van der Waals surface area (Å²) < 4.78 is 5.30. The number of hydrogen-bond donors (Lipinski definition) is 3. The molecule has 0 fully saturated rings. The van der Waals surface area contributed by atoms with E-state index in [1.54, 1.807) is 19.2 Å². The van der Waals surface area contributed by atoms with Gasteiger partial charge >= 0.3 is 0 Å². The standard InChI is InChI=1S/C28H31N5O3/c1-19-7-14-24-5-4-6-26(21-10-15-25(36-3)16-11-21)33(24)32-27(19)31-23-12-8-22(9-13-23)28(35)30-18-17-29-20(2)34/h4-6,8-16,19H,7,17-18H2,1-3H3,(H,29,34)(H,30,35)(H,31,32). The number of carbonyl (C=O) groups excluding carboxylic acids is 2. The van der Waals surface area contributed by atoms with Crippen LogP contribution < -0.4 is 20.8 Å². The molecule has 8 nitrogen and oxygen atoms in total. The van der Waals surface area contributed by atoms with E-state index < -0.39 is 0 Å². The van der Waals surface area contributed by atoms with Crippen LogP contribution in [0.3, 0.4) is 0 Å². The number of fused-ring (bicyclic) bond motifs is 1. The molecule has 0 spiro atoms. The summed E-state index contributed by atoms with van der Waals surface area (Å²) in [6, 6.07) is 15.1. The van der Waals surface area contributed by atoms with Crippen molar-refractivity contribution >= 4 is 29.0 Å². The molecule has 0 saturated heterocycles. The first-order chi connectivity index (χ1) is 17.4.